The van der Waals surface area contributed by atoms with Gasteiger partial charge in [-0.3, -0.25) is 9.36 Å². The Morgan fingerprint density at radius 2 is 2.00 bits per heavy atom. The number of para-hydroxylation sites is 2. The molecule has 3 heteroatoms. The molecule has 2 bridgehead atoms. The van der Waals surface area contributed by atoms with E-state index in [1.807, 2.05) is 28.8 Å². The van der Waals surface area contributed by atoms with Crippen LogP contribution >= 0.6 is 0 Å². The van der Waals surface area contributed by atoms with Gasteiger partial charge in [0.1, 0.15) is 5.82 Å². The van der Waals surface area contributed by atoms with Crippen molar-refractivity contribution >= 4 is 16.9 Å². The molecule has 3 nitrogen and oxygen atoms in total. The van der Waals surface area contributed by atoms with Crippen LogP contribution in [0, 0.1) is 10.8 Å². The number of fused-ring (bicyclic) bond motifs is 6. The van der Waals surface area contributed by atoms with Crippen LogP contribution in [0.3, 0.4) is 0 Å². The molecular weight excluding hydrogens is 236 g/mol. The van der Waals surface area contributed by atoms with Crippen molar-refractivity contribution in [3.8, 4) is 0 Å². The SMILES string of the molecule is CC1(C)[C@@H]2CC[C@@]1(C)C(=O)n1c2nc2ccccc21. The van der Waals surface area contributed by atoms with Gasteiger partial charge >= 0.3 is 0 Å². The molecular formula is C16H18N2O. The van der Waals surface area contributed by atoms with E-state index in [9.17, 15) is 4.79 Å². The fraction of sp³-hybridized carbons (Fsp3) is 0.500. The molecule has 2 atom stereocenters. The largest absolute Gasteiger partial charge is 0.273 e. The Morgan fingerprint density at radius 1 is 1.26 bits per heavy atom. The summed E-state index contributed by atoms with van der Waals surface area (Å²) in [6.45, 7) is 6.59. The summed E-state index contributed by atoms with van der Waals surface area (Å²) in [6.07, 6.45) is 2.04. The van der Waals surface area contributed by atoms with Crippen LogP contribution < -0.4 is 0 Å². The van der Waals surface area contributed by atoms with Crippen molar-refractivity contribution in [3.05, 3.63) is 30.1 Å². The Labute approximate surface area is 112 Å². The molecule has 0 N–H and O–H groups in total. The molecule has 0 saturated heterocycles. The molecule has 0 spiro atoms. The van der Waals surface area contributed by atoms with E-state index in [1.54, 1.807) is 0 Å². The van der Waals surface area contributed by atoms with E-state index in [0.717, 1.165) is 29.7 Å². The first kappa shape index (κ1) is 11.2. The van der Waals surface area contributed by atoms with Crippen molar-refractivity contribution in [1.82, 2.24) is 9.55 Å². The predicted molar refractivity (Wildman–Crippen MR) is 74.2 cm³/mol. The van der Waals surface area contributed by atoms with Crippen molar-refractivity contribution in [3.63, 3.8) is 0 Å². The normalized spacial score (nSPS) is 31.7. The van der Waals surface area contributed by atoms with Crippen LogP contribution in [0.2, 0.25) is 0 Å². The van der Waals surface area contributed by atoms with Gasteiger partial charge in [0.05, 0.1) is 16.4 Å². The second kappa shape index (κ2) is 3.09. The minimum Gasteiger partial charge on any atom is -0.273 e. The molecule has 0 amide bonds. The topological polar surface area (TPSA) is 34.9 Å². The molecule has 2 aromatic rings. The summed E-state index contributed by atoms with van der Waals surface area (Å²) in [6, 6.07) is 7.97. The first-order valence-corrected chi connectivity index (χ1v) is 6.99. The highest BCUT2D eigenvalue weighted by molar-refractivity contribution is 5.96. The van der Waals surface area contributed by atoms with E-state index in [-0.39, 0.29) is 16.7 Å². The molecule has 1 aromatic heterocycles. The number of hydrogen-bond acceptors (Lipinski definition) is 2. The van der Waals surface area contributed by atoms with Gasteiger partial charge < -0.3 is 0 Å². The molecule has 2 heterocycles. The summed E-state index contributed by atoms with van der Waals surface area (Å²) in [5.41, 5.74) is 1.66. The van der Waals surface area contributed by atoms with Gasteiger partial charge in [0, 0.05) is 5.92 Å². The third-order valence-corrected chi connectivity index (χ3v) is 5.80. The lowest BCUT2D eigenvalue weighted by atomic mass is 9.63. The van der Waals surface area contributed by atoms with Crippen molar-refractivity contribution in [2.24, 2.45) is 10.8 Å². The van der Waals surface area contributed by atoms with E-state index < -0.39 is 0 Å². The van der Waals surface area contributed by atoms with Crippen LogP contribution in [-0.4, -0.2) is 15.5 Å². The quantitative estimate of drug-likeness (QED) is 0.720. The van der Waals surface area contributed by atoms with Gasteiger partial charge in [-0.2, -0.15) is 0 Å². The molecule has 1 aliphatic carbocycles. The second-order valence-corrected chi connectivity index (χ2v) is 6.74. The van der Waals surface area contributed by atoms with Crippen molar-refractivity contribution in [1.29, 1.82) is 0 Å². The highest BCUT2D eigenvalue weighted by Gasteiger charge is 2.61. The standard InChI is InChI=1S/C16H18N2O/c1-15(2)10-8-9-16(15,3)14(19)18-12-7-5-4-6-11(12)17-13(10)18/h4-7,10H,8-9H2,1-3H3/t10-,16+/m1/s1. The maximum atomic E-state index is 13.0. The zero-order valence-corrected chi connectivity index (χ0v) is 11.6. The molecule has 2 aliphatic rings. The smallest absolute Gasteiger partial charge is 0.239 e. The molecule has 1 aliphatic heterocycles. The number of nitrogens with zero attached hydrogens (tertiary/aromatic N) is 2. The first-order chi connectivity index (χ1) is 8.97. The maximum absolute atomic E-state index is 13.0. The molecule has 1 fully saturated rings. The molecule has 98 valence electrons. The van der Waals surface area contributed by atoms with Gasteiger partial charge in [0.25, 0.3) is 0 Å². The summed E-state index contributed by atoms with van der Waals surface area (Å²) in [7, 11) is 0. The van der Waals surface area contributed by atoms with Crippen LogP contribution in [0.5, 0.6) is 0 Å². The number of rotatable bonds is 0. The van der Waals surface area contributed by atoms with E-state index in [2.05, 4.69) is 20.8 Å². The highest BCUT2D eigenvalue weighted by atomic mass is 16.2. The summed E-state index contributed by atoms with van der Waals surface area (Å²) in [5, 5.41) is 0. The zero-order valence-electron chi connectivity index (χ0n) is 11.6. The number of hydrogen-bond donors (Lipinski definition) is 0. The summed E-state index contributed by atoms with van der Waals surface area (Å²) >= 11 is 0. The molecule has 19 heavy (non-hydrogen) atoms. The minimum absolute atomic E-state index is 0.00145. The number of benzene rings is 1. The average Bonchev–Trinajstić information content (AvgIpc) is 2.82. The lowest BCUT2D eigenvalue weighted by Gasteiger charge is -2.44. The third-order valence-electron chi connectivity index (χ3n) is 5.80. The van der Waals surface area contributed by atoms with Crippen LogP contribution in [0.4, 0.5) is 0 Å². The molecule has 1 aromatic carbocycles. The summed E-state index contributed by atoms with van der Waals surface area (Å²) < 4.78 is 1.89. The Bertz CT molecular complexity index is 713. The van der Waals surface area contributed by atoms with Gasteiger partial charge in [-0.25, -0.2) is 4.98 Å². The Kier molecular flexibility index (Phi) is 1.82. The van der Waals surface area contributed by atoms with Crippen LogP contribution in [0.1, 0.15) is 50.1 Å². The molecule has 1 saturated carbocycles. The zero-order chi connectivity index (χ0) is 13.4. The van der Waals surface area contributed by atoms with Crippen LogP contribution in [0.15, 0.2) is 24.3 Å². The fourth-order valence-corrected chi connectivity index (χ4v) is 4.07. The number of carbonyl (C=O) groups excluding carboxylic acids is 1. The molecule has 0 unspecified atom stereocenters. The lowest BCUT2D eigenvalue weighted by molar-refractivity contribution is 0.0413. The first-order valence-electron chi connectivity index (χ1n) is 6.99. The maximum Gasteiger partial charge on any atom is 0.239 e. The van der Waals surface area contributed by atoms with Crippen molar-refractivity contribution in [2.45, 2.75) is 39.5 Å². The third kappa shape index (κ3) is 1.06. The lowest BCUT2D eigenvalue weighted by Crippen LogP contribution is -2.47. The van der Waals surface area contributed by atoms with Crippen LogP contribution in [0.25, 0.3) is 11.0 Å². The van der Waals surface area contributed by atoms with Crippen LogP contribution in [-0.2, 0) is 0 Å². The van der Waals surface area contributed by atoms with Gasteiger partial charge in [-0.15, -0.1) is 0 Å². The monoisotopic (exact) mass is 254 g/mol. The van der Waals surface area contributed by atoms with E-state index in [4.69, 9.17) is 4.98 Å². The Hall–Kier alpha value is -1.64. The Morgan fingerprint density at radius 3 is 2.79 bits per heavy atom. The fourth-order valence-electron chi connectivity index (χ4n) is 4.07. The van der Waals surface area contributed by atoms with E-state index in [1.165, 1.54) is 0 Å². The number of imidazole rings is 1. The minimum atomic E-state index is -0.256. The average molecular weight is 254 g/mol. The van der Waals surface area contributed by atoms with Gasteiger partial charge in [-0.05, 0) is 30.4 Å². The Balaban J connectivity index is 2.11. The summed E-state index contributed by atoms with van der Waals surface area (Å²) in [4.78, 5) is 17.8. The van der Waals surface area contributed by atoms with E-state index >= 15 is 0 Å². The molecule has 0 radical (unpaired) electrons. The van der Waals surface area contributed by atoms with Gasteiger partial charge in [0.15, 0.2) is 0 Å². The van der Waals surface area contributed by atoms with Gasteiger partial charge in [0.2, 0.25) is 5.91 Å². The second-order valence-electron chi connectivity index (χ2n) is 6.74. The highest BCUT2D eigenvalue weighted by Crippen LogP contribution is 2.63. The number of aromatic nitrogens is 2. The molecule has 4 rings (SSSR count). The van der Waals surface area contributed by atoms with Crippen molar-refractivity contribution in [2.75, 3.05) is 0 Å². The van der Waals surface area contributed by atoms with Gasteiger partial charge in [-0.1, -0.05) is 32.9 Å². The predicted octanol–water partition coefficient (Wildman–Crippen LogP) is 3.60. The summed E-state index contributed by atoms with van der Waals surface area (Å²) in [5.74, 6) is 1.60. The van der Waals surface area contributed by atoms with Crippen molar-refractivity contribution < 1.29 is 4.79 Å². The van der Waals surface area contributed by atoms with E-state index in [0.29, 0.717) is 5.92 Å². The number of carbonyl (C=O) groups is 1.